The number of esters is 1. The Morgan fingerprint density at radius 1 is 1.29 bits per heavy atom. The Bertz CT molecular complexity index is 549. The van der Waals surface area contributed by atoms with Gasteiger partial charge in [0.05, 0.1) is 12.3 Å². The van der Waals surface area contributed by atoms with Gasteiger partial charge in [-0.2, -0.15) is 0 Å². The van der Waals surface area contributed by atoms with E-state index in [4.69, 9.17) is 23.7 Å². The van der Waals surface area contributed by atoms with Crippen LogP contribution in [0.15, 0.2) is 17.0 Å². The van der Waals surface area contributed by atoms with Crippen LogP contribution in [-0.4, -0.2) is 41.0 Å². The smallest absolute Gasteiger partial charge is 0.341 e. The van der Waals surface area contributed by atoms with Crippen molar-refractivity contribution in [3.05, 3.63) is 18.4 Å². The maximum atomic E-state index is 12.3. The molecule has 2 fully saturated rings. The summed E-state index contributed by atoms with van der Waals surface area (Å²) in [5.41, 5.74) is 0. The Hall–Kier alpha value is -1.93. The van der Waals surface area contributed by atoms with Crippen LogP contribution in [0.5, 0.6) is 0 Å². The second-order valence-electron chi connectivity index (χ2n) is 6.17. The molecule has 0 amide bonds. The van der Waals surface area contributed by atoms with Gasteiger partial charge >= 0.3 is 11.9 Å². The molecule has 8 nitrogen and oxygen atoms in total. The first-order chi connectivity index (χ1) is 11.6. The van der Waals surface area contributed by atoms with Gasteiger partial charge in [0.2, 0.25) is 6.10 Å². The van der Waals surface area contributed by atoms with E-state index in [9.17, 15) is 9.59 Å². The maximum Gasteiger partial charge on any atom is 0.341 e. The fourth-order valence-corrected chi connectivity index (χ4v) is 2.90. The van der Waals surface area contributed by atoms with Gasteiger partial charge in [-0.1, -0.05) is 12.8 Å². The summed E-state index contributed by atoms with van der Waals surface area (Å²) in [7, 11) is 0. The molecular weight excluding hydrogens is 318 g/mol. The Morgan fingerprint density at radius 2 is 2.04 bits per heavy atom. The van der Waals surface area contributed by atoms with Crippen LogP contribution in [0.3, 0.4) is 0 Å². The molecule has 1 aromatic heterocycles. The zero-order valence-electron chi connectivity index (χ0n) is 13.3. The van der Waals surface area contributed by atoms with Crippen molar-refractivity contribution in [1.29, 1.82) is 0 Å². The average molecular weight is 339 g/mol. The van der Waals surface area contributed by atoms with Crippen molar-refractivity contribution in [3.63, 3.8) is 0 Å². The summed E-state index contributed by atoms with van der Waals surface area (Å²) in [6.07, 6.45) is 6.57. The number of carboxylic acid groups (broad SMARTS) is 1. The topological polar surface area (TPSA) is 108 Å². The molecule has 2 atom stereocenters. The molecule has 132 valence electrons. The van der Waals surface area contributed by atoms with Gasteiger partial charge in [-0.25, -0.2) is 14.6 Å². The Kier molecular flexibility index (Phi) is 5.47. The van der Waals surface area contributed by atoms with Crippen molar-refractivity contribution in [2.75, 3.05) is 6.79 Å². The monoisotopic (exact) mass is 339 g/mol. The quantitative estimate of drug-likeness (QED) is 0.538. The summed E-state index contributed by atoms with van der Waals surface area (Å²) in [5.74, 6) is -1.53. The van der Waals surface area contributed by atoms with Crippen LogP contribution in [0, 0.1) is 5.92 Å². The molecule has 8 heteroatoms. The van der Waals surface area contributed by atoms with Gasteiger partial charge in [0.25, 0.3) is 0 Å². The average Bonchev–Trinajstić information content (AvgIpc) is 3.04. The van der Waals surface area contributed by atoms with E-state index in [2.05, 4.69) is 4.98 Å². The Balaban J connectivity index is 1.51. The van der Waals surface area contributed by atoms with Crippen molar-refractivity contribution in [2.24, 2.45) is 5.92 Å². The molecule has 1 N–H and O–H groups in total. The highest BCUT2D eigenvalue weighted by Crippen LogP contribution is 2.34. The predicted molar refractivity (Wildman–Crippen MR) is 78.8 cm³/mol. The Labute approximate surface area is 139 Å². The molecule has 2 saturated carbocycles. The summed E-state index contributed by atoms with van der Waals surface area (Å²) in [6, 6.07) is 0. The van der Waals surface area contributed by atoms with Crippen LogP contribution in [-0.2, 0) is 23.8 Å². The molecule has 0 radical (unpaired) electrons. The van der Waals surface area contributed by atoms with Crippen LogP contribution in [0.25, 0.3) is 0 Å². The van der Waals surface area contributed by atoms with E-state index in [1.54, 1.807) is 0 Å². The Morgan fingerprint density at radius 3 is 2.62 bits per heavy atom. The first kappa shape index (κ1) is 16.9. The van der Waals surface area contributed by atoms with Gasteiger partial charge in [0.15, 0.2) is 25.1 Å². The van der Waals surface area contributed by atoms with Crippen LogP contribution in [0.2, 0.25) is 0 Å². The molecule has 3 rings (SSSR count). The summed E-state index contributed by atoms with van der Waals surface area (Å²) in [4.78, 5) is 27.2. The summed E-state index contributed by atoms with van der Waals surface area (Å²) >= 11 is 0. The van der Waals surface area contributed by atoms with Gasteiger partial charge < -0.3 is 23.7 Å². The van der Waals surface area contributed by atoms with E-state index in [0.717, 1.165) is 44.9 Å². The van der Waals surface area contributed by atoms with Crippen molar-refractivity contribution in [2.45, 2.75) is 56.8 Å². The normalized spacial score (nSPS) is 20.7. The minimum Gasteiger partial charge on any atom is -0.479 e. The van der Waals surface area contributed by atoms with Crippen molar-refractivity contribution >= 4 is 11.9 Å². The SMILES string of the molecule is O=C(OCO[C@@H](C(=O)O)c1cnco1)[C@@H](OC1CC1)C1CCCC1. The number of rotatable bonds is 9. The molecule has 2 aliphatic carbocycles. The zero-order valence-corrected chi connectivity index (χ0v) is 13.3. The summed E-state index contributed by atoms with van der Waals surface area (Å²) < 4.78 is 21.0. The molecular formula is C16H21NO7. The highest BCUT2D eigenvalue weighted by molar-refractivity contribution is 5.75. The third-order valence-corrected chi connectivity index (χ3v) is 4.29. The molecule has 0 unspecified atom stereocenters. The predicted octanol–water partition coefficient (Wildman–Crippen LogP) is 2.06. The number of hydrogen-bond donors (Lipinski definition) is 1. The number of carboxylic acids is 1. The first-order valence-corrected chi connectivity index (χ1v) is 8.20. The van der Waals surface area contributed by atoms with Gasteiger partial charge in [-0.05, 0) is 31.6 Å². The van der Waals surface area contributed by atoms with Crippen molar-refractivity contribution in [3.8, 4) is 0 Å². The largest absolute Gasteiger partial charge is 0.479 e. The van der Waals surface area contributed by atoms with E-state index < -0.39 is 30.9 Å². The molecule has 1 aromatic rings. The zero-order chi connectivity index (χ0) is 16.9. The lowest BCUT2D eigenvalue weighted by molar-refractivity contribution is -0.185. The van der Waals surface area contributed by atoms with Crippen molar-refractivity contribution < 1.29 is 33.3 Å². The van der Waals surface area contributed by atoms with Crippen LogP contribution >= 0.6 is 0 Å². The molecule has 24 heavy (non-hydrogen) atoms. The van der Waals surface area contributed by atoms with Crippen molar-refractivity contribution in [1.82, 2.24) is 4.98 Å². The lowest BCUT2D eigenvalue weighted by Crippen LogP contribution is -2.34. The lowest BCUT2D eigenvalue weighted by Gasteiger charge is -2.22. The number of nitrogens with zero attached hydrogens (tertiary/aromatic N) is 1. The second kappa shape index (κ2) is 7.76. The molecule has 1 heterocycles. The van der Waals surface area contributed by atoms with Gasteiger partial charge in [0.1, 0.15) is 0 Å². The number of aliphatic carboxylic acids is 1. The van der Waals surface area contributed by atoms with E-state index in [1.807, 2.05) is 0 Å². The molecule has 0 aliphatic heterocycles. The molecule has 2 aliphatic rings. The number of carbonyl (C=O) groups is 2. The number of hydrogen-bond acceptors (Lipinski definition) is 7. The summed E-state index contributed by atoms with van der Waals surface area (Å²) in [5, 5.41) is 9.14. The van der Waals surface area contributed by atoms with Gasteiger partial charge in [-0.15, -0.1) is 0 Å². The van der Waals surface area contributed by atoms with Crippen LogP contribution < -0.4 is 0 Å². The highest BCUT2D eigenvalue weighted by Gasteiger charge is 2.38. The number of carbonyl (C=O) groups excluding carboxylic acids is 1. The lowest BCUT2D eigenvalue weighted by atomic mass is 10.0. The molecule has 0 bridgehead atoms. The fourth-order valence-electron chi connectivity index (χ4n) is 2.90. The highest BCUT2D eigenvalue weighted by atomic mass is 16.7. The standard InChI is InChI=1S/C16H21NO7/c18-15(19)14(12-7-17-8-21-12)22-9-23-16(20)13(24-11-5-6-11)10-3-1-2-4-10/h7-8,10-11,13-14H,1-6,9H2,(H,18,19)/t13-,14+/m0/s1. The van der Waals surface area contributed by atoms with E-state index in [-0.39, 0.29) is 17.8 Å². The van der Waals surface area contributed by atoms with E-state index in [1.165, 1.54) is 6.20 Å². The van der Waals surface area contributed by atoms with Crippen LogP contribution in [0.1, 0.15) is 50.4 Å². The maximum absolute atomic E-state index is 12.3. The minimum absolute atomic E-state index is 0.0418. The second-order valence-corrected chi connectivity index (χ2v) is 6.17. The number of ether oxygens (including phenoxy) is 3. The third-order valence-electron chi connectivity index (χ3n) is 4.29. The number of aromatic nitrogens is 1. The van der Waals surface area contributed by atoms with Gasteiger partial charge in [-0.3, -0.25) is 0 Å². The van der Waals surface area contributed by atoms with Gasteiger partial charge in [0, 0.05) is 0 Å². The minimum atomic E-state index is -1.37. The third kappa shape index (κ3) is 4.33. The molecule has 0 spiro atoms. The number of oxazole rings is 1. The van der Waals surface area contributed by atoms with E-state index in [0.29, 0.717) is 0 Å². The molecule has 0 saturated heterocycles. The first-order valence-electron chi connectivity index (χ1n) is 8.20. The molecule has 0 aromatic carbocycles. The summed E-state index contributed by atoms with van der Waals surface area (Å²) in [6.45, 7) is -0.478. The fraction of sp³-hybridized carbons (Fsp3) is 0.688. The van der Waals surface area contributed by atoms with Crippen LogP contribution in [0.4, 0.5) is 0 Å². The van der Waals surface area contributed by atoms with E-state index >= 15 is 0 Å².